The Hall–Kier alpha value is -2.21. The average molecular weight is 314 g/mol. The summed E-state index contributed by atoms with van der Waals surface area (Å²) in [5, 5.41) is 7.22. The molecule has 0 aromatic carbocycles. The summed E-state index contributed by atoms with van der Waals surface area (Å²) in [4.78, 5) is 16.5. The van der Waals surface area contributed by atoms with E-state index in [4.69, 9.17) is 4.74 Å². The van der Waals surface area contributed by atoms with Crippen LogP contribution in [-0.2, 0) is 22.4 Å². The van der Waals surface area contributed by atoms with Crippen LogP contribution in [0.15, 0.2) is 30.6 Å². The fourth-order valence-electron chi connectivity index (χ4n) is 2.71. The lowest BCUT2D eigenvalue weighted by Crippen LogP contribution is -2.23. The minimum absolute atomic E-state index is 0.0672. The van der Waals surface area contributed by atoms with Gasteiger partial charge in [-0.15, -0.1) is 0 Å². The van der Waals surface area contributed by atoms with Gasteiger partial charge in [0.2, 0.25) is 5.91 Å². The first-order valence-electron chi connectivity index (χ1n) is 8.02. The molecule has 0 spiro atoms. The largest absolute Gasteiger partial charge is 0.384 e. The van der Waals surface area contributed by atoms with Gasteiger partial charge in [-0.1, -0.05) is 0 Å². The third-order valence-corrected chi connectivity index (χ3v) is 4.20. The lowest BCUT2D eigenvalue weighted by molar-refractivity contribution is -0.115. The monoisotopic (exact) mass is 314 g/mol. The van der Waals surface area contributed by atoms with E-state index >= 15 is 0 Å². The van der Waals surface area contributed by atoms with E-state index in [0.29, 0.717) is 24.9 Å². The minimum atomic E-state index is -0.0672. The minimum Gasteiger partial charge on any atom is -0.384 e. The van der Waals surface area contributed by atoms with Crippen molar-refractivity contribution in [1.29, 1.82) is 0 Å². The predicted molar refractivity (Wildman–Crippen MR) is 87.3 cm³/mol. The second-order valence-electron chi connectivity index (χ2n) is 5.87. The third-order valence-electron chi connectivity index (χ3n) is 4.20. The zero-order valence-electron chi connectivity index (χ0n) is 13.4. The van der Waals surface area contributed by atoms with Gasteiger partial charge in [0.05, 0.1) is 19.1 Å². The third kappa shape index (κ3) is 3.96. The van der Waals surface area contributed by atoms with E-state index in [-0.39, 0.29) is 5.91 Å². The number of nitrogens with one attached hydrogen (secondary N) is 1. The molecule has 2 heterocycles. The number of nitrogens with zero attached hydrogens (tertiary/aromatic N) is 3. The van der Waals surface area contributed by atoms with Gasteiger partial charge >= 0.3 is 0 Å². The molecular formula is C17H22N4O2. The van der Waals surface area contributed by atoms with Gasteiger partial charge in [-0.3, -0.25) is 9.48 Å². The topological polar surface area (TPSA) is 69.0 Å². The maximum Gasteiger partial charge on any atom is 0.231 e. The van der Waals surface area contributed by atoms with Gasteiger partial charge in [0.25, 0.3) is 0 Å². The summed E-state index contributed by atoms with van der Waals surface area (Å²) in [7, 11) is 1.68. The highest BCUT2D eigenvalue weighted by Gasteiger charge is 2.22. The molecule has 1 N–H and O–H groups in total. The first-order chi connectivity index (χ1) is 11.3. The fourth-order valence-corrected chi connectivity index (χ4v) is 2.71. The highest BCUT2D eigenvalue weighted by molar-refractivity contribution is 5.91. The molecule has 1 aliphatic rings. The van der Waals surface area contributed by atoms with E-state index in [1.54, 1.807) is 19.5 Å². The molecule has 1 amide bonds. The smallest absolute Gasteiger partial charge is 0.231 e. The Balaban J connectivity index is 1.60. The van der Waals surface area contributed by atoms with Crippen molar-refractivity contribution in [1.82, 2.24) is 14.8 Å². The standard InChI is InChI=1S/C17H22N4O2/c1-23-10-7-13-5-8-18-16(11-13)20-17(22)12-15-6-9-19-21(15)14-3-2-4-14/h5-6,8-9,11,14H,2-4,7,10,12H2,1H3,(H,18,20,22). The molecule has 1 fully saturated rings. The van der Waals surface area contributed by atoms with Gasteiger partial charge in [0.1, 0.15) is 5.82 Å². The zero-order chi connectivity index (χ0) is 16.1. The molecule has 0 atom stereocenters. The number of hydrogen-bond donors (Lipinski definition) is 1. The van der Waals surface area contributed by atoms with Crippen LogP contribution in [0.25, 0.3) is 0 Å². The number of anilines is 1. The summed E-state index contributed by atoms with van der Waals surface area (Å²) < 4.78 is 7.06. The van der Waals surface area contributed by atoms with Crippen LogP contribution in [0.4, 0.5) is 5.82 Å². The summed E-state index contributed by atoms with van der Waals surface area (Å²) in [5.74, 6) is 0.515. The van der Waals surface area contributed by atoms with Crippen molar-refractivity contribution < 1.29 is 9.53 Å². The maximum atomic E-state index is 12.3. The number of carbonyl (C=O) groups excluding carboxylic acids is 1. The second-order valence-corrected chi connectivity index (χ2v) is 5.87. The zero-order valence-corrected chi connectivity index (χ0v) is 13.4. The van der Waals surface area contributed by atoms with Gasteiger partial charge in [0.15, 0.2) is 0 Å². The maximum absolute atomic E-state index is 12.3. The number of ether oxygens (including phenoxy) is 1. The normalized spacial score (nSPS) is 14.5. The van der Waals surface area contributed by atoms with E-state index in [1.165, 1.54) is 6.42 Å². The first-order valence-corrected chi connectivity index (χ1v) is 8.02. The van der Waals surface area contributed by atoms with E-state index < -0.39 is 0 Å². The van der Waals surface area contributed by atoms with Crippen LogP contribution < -0.4 is 5.32 Å². The van der Waals surface area contributed by atoms with Crippen molar-refractivity contribution >= 4 is 11.7 Å². The van der Waals surface area contributed by atoms with Crippen LogP contribution in [-0.4, -0.2) is 34.4 Å². The van der Waals surface area contributed by atoms with Crippen molar-refractivity contribution in [2.45, 2.75) is 38.1 Å². The van der Waals surface area contributed by atoms with Crippen LogP contribution in [0, 0.1) is 0 Å². The summed E-state index contributed by atoms with van der Waals surface area (Å²) in [6.45, 7) is 0.651. The summed E-state index contributed by atoms with van der Waals surface area (Å²) in [6, 6.07) is 6.20. The molecule has 0 saturated heterocycles. The van der Waals surface area contributed by atoms with E-state index in [1.807, 2.05) is 22.9 Å². The second kappa shape index (κ2) is 7.37. The SMILES string of the molecule is COCCc1ccnc(NC(=O)Cc2ccnn2C2CCC2)c1. The predicted octanol–water partition coefficient (Wildman–Crippen LogP) is 2.37. The molecule has 0 aliphatic heterocycles. The average Bonchev–Trinajstić information content (AvgIpc) is 2.91. The molecule has 2 aromatic heterocycles. The van der Waals surface area contributed by atoms with Crippen molar-refractivity contribution in [2.75, 3.05) is 19.0 Å². The molecule has 2 aromatic rings. The molecular weight excluding hydrogens is 292 g/mol. The highest BCUT2D eigenvalue weighted by Crippen LogP contribution is 2.31. The first kappa shape index (κ1) is 15.7. The van der Waals surface area contributed by atoms with E-state index in [2.05, 4.69) is 15.4 Å². The molecule has 0 radical (unpaired) electrons. The van der Waals surface area contributed by atoms with Gasteiger partial charge in [-0.25, -0.2) is 4.98 Å². The molecule has 6 nitrogen and oxygen atoms in total. The molecule has 3 rings (SSSR count). The van der Waals surface area contributed by atoms with Crippen LogP contribution in [0.3, 0.4) is 0 Å². The van der Waals surface area contributed by atoms with Crippen molar-refractivity contribution in [3.05, 3.63) is 41.9 Å². The Morgan fingerprint density at radius 3 is 3.00 bits per heavy atom. The Morgan fingerprint density at radius 2 is 2.26 bits per heavy atom. The van der Waals surface area contributed by atoms with Crippen LogP contribution >= 0.6 is 0 Å². The van der Waals surface area contributed by atoms with Gasteiger partial charge < -0.3 is 10.1 Å². The summed E-state index contributed by atoms with van der Waals surface area (Å²) in [5.41, 5.74) is 2.05. The number of carbonyl (C=O) groups is 1. The molecule has 6 heteroatoms. The molecule has 23 heavy (non-hydrogen) atoms. The number of amides is 1. The van der Waals surface area contributed by atoms with Crippen LogP contribution in [0.5, 0.6) is 0 Å². The molecule has 0 unspecified atom stereocenters. The molecule has 122 valence electrons. The van der Waals surface area contributed by atoms with Crippen molar-refractivity contribution in [3.8, 4) is 0 Å². The Bertz CT molecular complexity index is 664. The van der Waals surface area contributed by atoms with Gasteiger partial charge in [-0.2, -0.15) is 5.10 Å². The number of rotatable bonds is 7. The summed E-state index contributed by atoms with van der Waals surface area (Å²) in [6.07, 6.45) is 8.15. The lowest BCUT2D eigenvalue weighted by atomic mass is 9.93. The van der Waals surface area contributed by atoms with Gasteiger partial charge in [-0.05, 0) is 49.4 Å². The highest BCUT2D eigenvalue weighted by atomic mass is 16.5. The number of aromatic nitrogens is 3. The van der Waals surface area contributed by atoms with E-state index in [0.717, 1.165) is 30.5 Å². The van der Waals surface area contributed by atoms with Crippen molar-refractivity contribution in [3.63, 3.8) is 0 Å². The fraction of sp³-hybridized carbons (Fsp3) is 0.471. The number of methoxy groups -OCH3 is 1. The quantitative estimate of drug-likeness (QED) is 0.852. The molecule has 0 bridgehead atoms. The summed E-state index contributed by atoms with van der Waals surface area (Å²) >= 11 is 0. The lowest BCUT2D eigenvalue weighted by Gasteiger charge is -2.27. The molecule has 1 saturated carbocycles. The van der Waals surface area contributed by atoms with E-state index in [9.17, 15) is 4.79 Å². The number of pyridine rings is 1. The Labute approximate surface area is 135 Å². The Morgan fingerprint density at radius 1 is 1.39 bits per heavy atom. The van der Waals surface area contributed by atoms with Crippen molar-refractivity contribution in [2.24, 2.45) is 0 Å². The number of hydrogen-bond acceptors (Lipinski definition) is 4. The van der Waals surface area contributed by atoms with Crippen LogP contribution in [0.2, 0.25) is 0 Å². The Kier molecular flexibility index (Phi) is 5.02. The molecule has 1 aliphatic carbocycles. The van der Waals surface area contributed by atoms with Gasteiger partial charge in [0, 0.05) is 25.2 Å². The van der Waals surface area contributed by atoms with Crippen LogP contribution in [0.1, 0.15) is 36.6 Å².